The number of rotatable bonds is 4. The fourth-order valence-electron chi connectivity index (χ4n) is 2.35. The monoisotopic (exact) mass is 418 g/mol. The summed E-state index contributed by atoms with van der Waals surface area (Å²) in [4.78, 5) is 38.3. The van der Waals surface area contributed by atoms with Crippen molar-refractivity contribution < 1.29 is 9.90 Å². The van der Waals surface area contributed by atoms with Gasteiger partial charge >= 0.3 is 5.69 Å². The number of amides is 1. The number of hydrogen-bond acceptors (Lipinski definition) is 5. The number of hydrazone groups is 1. The van der Waals surface area contributed by atoms with E-state index in [0.717, 1.165) is 10.8 Å². The van der Waals surface area contributed by atoms with Gasteiger partial charge < -0.3 is 5.11 Å². The van der Waals surface area contributed by atoms with Crippen molar-refractivity contribution in [2.75, 3.05) is 0 Å². The van der Waals surface area contributed by atoms with Gasteiger partial charge in [-0.05, 0) is 36.4 Å². The molecule has 3 aromatic rings. The van der Waals surface area contributed by atoms with Gasteiger partial charge in [-0.3, -0.25) is 14.6 Å². The molecule has 0 aliphatic rings. The van der Waals surface area contributed by atoms with Gasteiger partial charge in [0, 0.05) is 5.02 Å². The number of nitrogens with zero attached hydrogens (tertiary/aromatic N) is 2. The molecule has 0 saturated heterocycles. The molecule has 10 heteroatoms. The van der Waals surface area contributed by atoms with Crippen molar-refractivity contribution in [1.29, 1.82) is 0 Å². The molecule has 1 aromatic heterocycles. The standard InChI is InChI=1S/C18H12Cl2N4O4/c19-10-5-7-11(8-6-10)24-17(27)13(15(25)22-18(24)28)9-21-23-16(26)12-3-1-2-4-14(12)20/h1-9,27H,(H,23,26)(H,22,25,28). The molecule has 0 saturated carbocycles. The molecule has 0 aliphatic carbocycles. The van der Waals surface area contributed by atoms with Crippen molar-refractivity contribution in [1.82, 2.24) is 15.0 Å². The highest BCUT2D eigenvalue weighted by atomic mass is 35.5. The zero-order valence-electron chi connectivity index (χ0n) is 14.0. The van der Waals surface area contributed by atoms with E-state index in [1.807, 2.05) is 0 Å². The summed E-state index contributed by atoms with van der Waals surface area (Å²) in [5, 5.41) is 14.7. The average molecular weight is 419 g/mol. The maximum atomic E-state index is 12.1. The summed E-state index contributed by atoms with van der Waals surface area (Å²) in [6, 6.07) is 12.3. The summed E-state index contributed by atoms with van der Waals surface area (Å²) in [5.74, 6) is -1.25. The lowest BCUT2D eigenvalue weighted by Gasteiger charge is -2.09. The Morgan fingerprint density at radius 1 is 1.11 bits per heavy atom. The van der Waals surface area contributed by atoms with E-state index in [2.05, 4.69) is 15.5 Å². The first kappa shape index (κ1) is 19.4. The van der Waals surface area contributed by atoms with Crippen LogP contribution in [0.2, 0.25) is 10.0 Å². The predicted octanol–water partition coefficient (Wildman–Crippen LogP) is 2.30. The number of carbonyl (C=O) groups is 1. The first-order valence-corrected chi connectivity index (χ1v) is 8.56. The number of benzene rings is 2. The fraction of sp³-hybridized carbons (Fsp3) is 0. The lowest BCUT2D eigenvalue weighted by Crippen LogP contribution is -2.31. The third kappa shape index (κ3) is 3.98. The SMILES string of the molecule is O=C(NN=Cc1c(O)n(-c2ccc(Cl)cc2)c(=O)[nH]c1=O)c1ccccc1Cl. The molecule has 8 nitrogen and oxygen atoms in total. The number of nitrogens with one attached hydrogen (secondary N) is 2. The van der Waals surface area contributed by atoms with E-state index in [-0.39, 0.29) is 21.8 Å². The number of aromatic nitrogens is 2. The number of hydrogen-bond donors (Lipinski definition) is 3. The van der Waals surface area contributed by atoms with E-state index < -0.39 is 23.0 Å². The number of halogens is 2. The van der Waals surface area contributed by atoms with Gasteiger partial charge in [0.1, 0.15) is 5.56 Å². The number of H-pyrrole nitrogens is 1. The van der Waals surface area contributed by atoms with Crippen LogP contribution in [0.4, 0.5) is 0 Å². The summed E-state index contributed by atoms with van der Waals surface area (Å²) >= 11 is 11.7. The number of aromatic hydroxyl groups is 1. The quantitative estimate of drug-likeness (QED) is 0.445. The van der Waals surface area contributed by atoms with Crippen LogP contribution < -0.4 is 16.7 Å². The molecule has 2 aromatic carbocycles. The minimum Gasteiger partial charge on any atom is -0.493 e. The summed E-state index contributed by atoms with van der Waals surface area (Å²) in [5.41, 5.74) is 0.621. The van der Waals surface area contributed by atoms with Crippen LogP contribution in [0.25, 0.3) is 5.69 Å². The molecule has 0 unspecified atom stereocenters. The van der Waals surface area contributed by atoms with E-state index in [1.54, 1.807) is 18.2 Å². The largest absolute Gasteiger partial charge is 0.493 e. The zero-order chi connectivity index (χ0) is 20.3. The maximum absolute atomic E-state index is 12.1. The first-order valence-electron chi connectivity index (χ1n) is 7.80. The molecule has 3 N–H and O–H groups in total. The maximum Gasteiger partial charge on any atom is 0.335 e. The molecule has 1 heterocycles. The van der Waals surface area contributed by atoms with Crippen molar-refractivity contribution in [3.8, 4) is 11.6 Å². The molecule has 142 valence electrons. The number of carbonyl (C=O) groups excluding carboxylic acids is 1. The molecule has 0 aliphatic heterocycles. The second kappa shape index (κ2) is 8.12. The van der Waals surface area contributed by atoms with Gasteiger partial charge in [0.15, 0.2) is 0 Å². The molecule has 28 heavy (non-hydrogen) atoms. The van der Waals surface area contributed by atoms with Gasteiger partial charge in [0.2, 0.25) is 5.88 Å². The Morgan fingerprint density at radius 3 is 2.46 bits per heavy atom. The Kier molecular flexibility index (Phi) is 5.62. The highest BCUT2D eigenvalue weighted by Gasteiger charge is 2.14. The fourth-order valence-corrected chi connectivity index (χ4v) is 2.69. The van der Waals surface area contributed by atoms with Crippen LogP contribution in [-0.2, 0) is 0 Å². The van der Waals surface area contributed by atoms with Crippen LogP contribution in [0.5, 0.6) is 5.88 Å². The van der Waals surface area contributed by atoms with Gasteiger partial charge in [-0.25, -0.2) is 14.8 Å². The minimum atomic E-state index is -0.872. The van der Waals surface area contributed by atoms with Crippen LogP contribution in [0, 0.1) is 0 Å². The second-order valence-electron chi connectivity index (χ2n) is 5.49. The minimum absolute atomic E-state index is 0.186. The first-order chi connectivity index (χ1) is 13.4. The van der Waals surface area contributed by atoms with Crippen molar-refractivity contribution in [2.24, 2.45) is 5.10 Å². The van der Waals surface area contributed by atoms with Crippen LogP contribution in [0.1, 0.15) is 15.9 Å². The molecule has 0 bridgehead atoms. The van der Waals surface area contributed by atoms with E-state index in [1.165, 1.54) is 30.3 Å². The van der Waals surface area contributed by atoms with Crippen LogP contribution in [0.15, 0.2) is 63.2 Å². The van der Waals surface area contributed by atoms with Gasteiger partial charge in [0.25, 0.3) is 11.5 Å². The molecule has 0 spiro atoms. The van der Waals surface area contributed by atoms with Crippen molar-refractivity contribution in [2.45, 2.75) is 0 Å². The summed E-state index contributed by atoms with van der Waals surface area (Å²) in [6.07, 6.45) is 0.925. The third-order valence-electron chi connectivity index (χ3n) is 3.68. The Morgan fingerprint density at radius 2 is 1.79 bits per heavy atom. The zero-order valence-corrected chi connectivity index (χ0v) is 15.5. The molecular formula is C18H12Cl2N4O4. The normalized spacial score (nSPS) is 10.9. The summed E-state index contributed by atoms with van der Waals surface area (Å²) in [7, 11) is 0. The van der Waals surface area contributed by atoms with Gasteiger partial charge in [-0.2, -0.15) is 5.10 Å². The topological polar surface area (TPSA) is 117 Å². The predicted molar refractivity (Wildman–Crippen MR) is 106 cm³/mol. The molecule has 0 atom stereocenters. The summed E-state index contributed by atoms with van der Waals surface area (Å²) < 4.78 is 0.870. The average Bonchev–Trinajstić information content (AvgIpc) is 2.66. The van der Waals surface area contributed by atoms with E-state index in [4.69, 9.17) is 23.2 Å². The molecule has 1 amide bonds. The Balaban J connectivity index is 1.93. The highest BCUT2D eigenvalue weighted by Crippen LogP contribution is 2.18. The molecule has 0 radical (unpaired) electrons. The Hall–Kier alpha value is -3.36. The van der Waals surface area contributed by atoms with Crippen LogP contribution in [-0.4, -0.2) is 26.8 Å². The number of aromatic amines is 1. The lowest BCUT2D eigenvalue weighted by molar-refractivity contribution is 0.0955. The Bertz CT molecular complexity index is 1180. The molecule has 0 fully saturated rings. The van der Waals surface area contributed by atoms with E-state index >= 15 is 0 Å². The highest BCUT2D eigenvalue weighted by molar-refractivity contribution is 6.33. The van der Waals surface area contributed by atoms with Crippen molar-refractivity contribution in [3.63, 3.8) is 0 Å². The third-order valence-corrected chi connectivity index (χ3v) is 4.27. The summed E-state index contributed by atoms with van der Waals surface area (Å²) in [6.45, 7) is 0. The van der Waals surface area contributed by atoms with Gasteiger partial charge in [0.05, 0.1) is 22.5 Å². The van der Waals surface area contributed by atoms with Gasteiger partial charge in [-0.1, -0.05) is 35.3 Å². The van der Waals surface area contributed by atoms with E-state index in [0.29, 0.717) is 5.02 Å². The molecule has 3 rings (SSSR count). The molecular weight excluding hydrogens is 407 g/mol. The van der Waals surface area contributed by atoms with Crippen molar-refractivity contribution >= 4 is 35.3 Å². The Labute approximate surface area is 167 Å². The van der Waals surface area contributed by atoms with E-state index in [9.17, 15) is 19.5 Å². The van der Waals surface area contributed by atoms with Gasteiger partial charge in [-0.15, -0.1) is 0 Å². The lowest BCUT2D eigenvalue weighted by atomic mass is 10.2. The van der Waals surface area contributed by atoms with Crippen molar-refractivity contribution in [3.05, 3.63) is 90.5 Å². The second-order valence-corrected chi connectivity index (χ2v) is 6.33. The smallest absolute Gasteiger partial charge is 0.335 e. The van der Waals surface area contributed by atoms with Crippen LogP contribution in [0.3, 0.4) is 0 Å². The van der Waals surface area contributed by atoms with Crippen LogP contribution >= 0.6 is 23.2 Å².